The number of hydrogen-bond acceptors (Lipinski definition) is 5. The Morgan fingerprint density at radius 1 is 1.18 bits per heavy atom. The van der Waals surface area contributed by atoms with Crippen LogP contribution in [-0.4, -0.2) is 35.7 Å². The van der Waals surface area contributed by atoms with E-state index in [0.717, 1.165) is 27.2 Å². The first-order valence-corrected chi connectivity index (χ1v) is 10.6. The summed E-state index contributed by atoms with van der Waals surface area (Å²) in [6, 6.07) is 11.0. The van der Waals surface area contributed by atoms with Crippen LogP contribution in [-0.2, 0) is 11.3 Å². The van der Waals surface area contributed by atoms with E-state index in [1.54, 1.807) is 24.3 Å². The average molecular weight is 495 g/mol. The fourth-order valence-electron chi connectivity index (χ4n) is 3.27. The topological polar surface area (TPSA) is 110 Å². The largest absolute Gasteiger partial charge is 0.385 e. The Morgan fingerprint density at radius 2 is 1.88 bits per heavy atom. The zero-order valence-corrected chi connectivity index (χ0v) is 19.1. The summed E-state index contributed by atoms with van der Waals surface area (Å²) in [5.41, 5.74) is 4.93. The van der Waals surface area contributed by atoms with Crippen LogP contribution >= 0.6 is 23.2 Å². The molecule has 0 aliphatic rings. The number of nitrogens with zero attached hydrogens (tertiary/aromatic N) is 2. The van der Waals surface area contributed by atoms with Gasteiger partial charge in [-0.2, -0.15) is 0 Å². The second-order valence-electron chi connectivity index (χ2n) is 7.11. The van der Waals surface area contributed by atoms with E-state index in [1.807, 2.05) is 6.07 Å². The predicted octanol–water partition coefficient (Wildman–Crippen LogP) is 3.30. The number of anilines is 2. The highest BCUT2D eigenvalue weighted by molar-refractivity contribution is 6.37. The molecule has 1 aromatic heterocycles. The van der Waals surface area contributed by atoms with Gasteiger partial charge >= 0.3 is 5.69 Å². The number of hydrogen-bond donors (Lipinski definition) is 2. The Balaban J connectivity index is 2.13. The minimum absolute atomic E-state index is 0.00985. The van der Waals surface area contributed by atoms with Gasteiger partial charge in [-0.05, 0) is 24.1 Å². The van der Waals surface area contributed by atoms with Crippen molar-refractivity contribution in [2.45, 2.75) is 13.0 Å². The van der Waals surface area contributed by atoms with Crippen molar-refractivity contribution < 1.29 is 13.9 Å². The van der Waals surface area contributed by atoms with Crippen LogP contribution < -0.4 is 21.9 Å². The highest BCUT2D eigenvalue weighted by atomic mass is 35.5. The molecule has 0 aliphatic carbocycles. The van der Waals surface area contributed by atoms with Crippen LogP contribution in [0.5, 0.6) is 0 Å². The second kappa shape index (κ2) is 10.7. The van der Waals surface area contributed by atoms with Crippen LogP contribution in [0, 0.1) is 5.82 Å². The molecule has 0 saturated heterocycles. The van der Waals surface area contributed by atoms with Crippen LogP contribution in [0.25, 0.3) is 0 Å². The molecule has 0 bridgehead atoms. The molecule has 0 atom stereocenters. The van der Waals surface area contributed by atoms with Crippen molar-refractivity contribution in [1.29, 1.82) is 0 Å². The van der Waals surface area contributed by atoms with Crippen molar-refractivity contribution in [2.24, 2.45) is 0 Å². The molecular weight excluding hydrogens is 474 g/mol. The molecule has 1 amide bonds. The Bertz CT molecular complexity index is 1280. The van der Waals surface area contributed by atoms with Gasteiger partial charge in [0.05, 0.1) is 22.2 Å². The number of nitrogens with one attached hydrogen (secondary N) is 1. The van der Waals surface area contributed by atoms with Crippen LogP contribution in [0.15, 0.2) is 52.1 Å². The molecule has 0 saturated carbocycles. The van der Waals surface area contributed by atoms with E-state index in [-0.39, 0.29) is 46.8 Å². The summed E-state index contributed by atoms with van der Waals surface area (Å²) >= 11 is 11.9. The highest BCUT2D eigenvalue weighted by Gasteiger charge is 2.27. The van der Waals surface area contributed by atoms with Gasteiger partial charge in [-0.3, -0.25) is 19.1 Å². The van der Waals surface area contributed by atoms with E-state index in [4.69, 9.17) is 33.7 Å². The second-order valence-corrected chi connectivity index (χ2v) is 7.93. The molecule has 0 spiro atoms. The normalized spacial score (nSPS) is 10.9. The van der Waals surface area contributed by atoms with Crippen LogP contribution in [0.4, 0.5) is 15.9 Å². The SMILES string of the molecule is COCCCN(C(=O)c1cc(F)c(Cl)cc1Cl)c1c(N)n(Cc2ccccc2)c(=O)[nH]c1=O. The van der Waals surface area contributed by atoms with E-state index < -0.39 is 23.0 Å². The van der Waals surface area contributed by atoms with Crippen molar-refractivity contribution in [3.63, 3.8) is 0 Å². The summed E-state index contributed by atoms with van der Waals surface area (Å²) in [4.78, 5) is 41.9. The van der Waals surface area contributed by atoms with Crippen LogP contribution in [0.3, 0.4) is 0 Å². The Morgan fingerprint density at radius 3 is 2.55 bits per heavy atom. The number of carbonyl (C=O) groups excluding carboxylic acids is 1. The highest BCUT2D eigenvalue weighted by Crippen LogP contribution is 2.28. The van der Waals surface area contributed by atoms with E-state index in [1.165, 1.54) is 7.11 Å². The first-order chi connectivity index (χ1) is 15.7. The monoisotopic (exact) mass is 494 g/mol. The standard InChI is InChI=1S/C22H21Cl2FN4O4/c1-33-9-5-8-28(21(31)14-10-17(25)16(24)11-15(14)23)18-19(26)29(22(32)27-20(18)30)12-13-6-3-2-4-7-13/h2-4,6-7,10-11H,5,8-9,12,26H2,1H3,(H,27,30,32). The van der Waals surface area contributed by atoms with Crippen molar-refractivity contribution in [3.05, 3.63) is 90.3 Å². The molecule has 8 nitrogen and oxygen atoms in total. The number of halogens is 3. The molecule has 0 radical (unpaired) electrons. The minimum atomic E-state index is -0.863. The molecule has 1 heterocycles. The van der Waals surface area contributed by atoms with Gasteiger partial charge in [0.25, 0.3) is 11.5 Å². The maximum absolute atomic E-state index is 14.1. The predicted molar refractivity (Wildman–Crippen MR) is 126 cm³/mol. The molecular formula is C22H21Cl2FN4O4. The van der Waals surface area contributed by atoms with Gasteiger partial charge in [0.15, 0.2) is 5.69 Å². The number of rotatable bonds is 8. The maximum Gasteiger partial charge on any atom is 0.330 e. The summed E-state index contributed by atoms with van der Waals surface area (Å²) in [6.07, 6.45) is 0.326. The number of aromatic nitrogens is 2. The first-order valence-electron chi connectivity index (χ1n) is 9.86. The molecule has 3 N–H and O–H groups in total. The molecule has 2 aromatic carbocycles. The summed E-state index contributed by atoms with van der Waals surface area (Å²) in [7, 11) is 1.48. The number of carbonyl (C=O) groups is 1. The Labute approximate surface area is 198 Å². The molecule has 0 fully saturated rings. The third kappa shape index (κ3) is 5.44. The van der Waals surface area contributed by atoms with Crippen molar-refractivity contribution in [1.82, 2.24) is 9.55 Å². The van der Waals surface area contributed by atoms with Crippen molar-refractivity contribution >= 4 is 40.6 Å². The number of benzene rings is 2. The summed E-state index contributed by atoms with van der Waals surface area (Å²) < 4.78 is 20.3. The van der Waals surface area contributed by atoms with Gasteiger partial charge < -0.3 is 15.4 Å². The maximum atomic E-state index is 14.1. The van der Waals surface area contributed by atoms with Gasteiger partial charge in [0, 0.05) is 20.3 Å². The number of nitrogens with two attached hydrogens (primary N) is 1. The number of H-pyrrole nitrogens is 1. The van der Waals surface area contributed by atoms with E-state index in [0.29, 0.717) is 6.42 Å². The van der Waals surface area contributed by atoms with Crippen molar-refractivity contribution in [3.8, 4) is 0 Å². The van der Waals surface area contributed by atoms with Crippen LogP contribution in [0.2, 0.25) is 10.0 Å². The number of aromatic amines is 1. The number of ether oxygens (including phenoxy) is 1. The molecule has 33 heavy (non-hydrogen) atoms. The van der Waals surface area contributed by atoms with Gasteiger partial charge in [-0.25, -0.2) is 9.18 Å². The minimum Gasteiger partial charge on any atom is -0.385 e. The lowest BCUT2D eigenvalue weighted by molar-refractivity contribution is 0.0983. The Kier molecular flexibility index (Phi) is 7.91. The van der Waals surface area contributed by atoms with Gasteiger partial charge in [0.2, 0.25) is 0 Å². The van der Waals surface area contributed by atoms with Crippen molar-refractivity contribution in [2.75, 3.05) is 30.9 Å². The third-order valence-corrected chi connectivity index (χ3v) is 5.49. The number of amides is 1. The van der Waals surface area contributed by atoms with E-state index >= 15 is 0 Å². The van der Waals surface area contributed by atoms with Crippen LogP contribution in [0.1, 0.15) is 22.3 Å². The summed E-state index contributed by atoms with van der Waals surface area (Å²) in [5, 5.41) is -0.355. The lowest BCUT2D eigenvalue weighted by Crippen LogP contribution is -2.42. The molecule has 11 heteroatoms. The van der Waals surface area contributed by atoms with Gasteiger partial charge in [-0.15, -0.1) is 0 Å². The van der Waals surface area contributed by atoms with E-state index in [9.17, 15) is 18.8 Å². The lowest BCUT2D eigenvalue weighted by atomic mass is 10.1. The smallest absolute Gasteiger partial charge is 0.330 e. The lowest BCUT2D eigenvalue weighted by Gasteiger charge is -2.25. The molecule has 3 aromatic rings. The Hall–Kier alpha value is -3.14. The van der Waals surface area contributed by atoms with E-state index in [2.05, 4.69) is 4.98 Å². The summed E-state index contributed by atoms with van der Waals surface area (Å²) in [6.45, 7) is 0.323. The fraction of sp³-hybridized carbons (Fsp3) is 0.227. The molecule has 174 valence electrons. The fourth-order valence-corrected chi connectivity index (χ4v) is 3.74. The molecule has 3 rings (SSSR count). The van der Waals surface area contributed by atoms with Gasteiger partial charge in [0.1, 0.15) is 11.6 Å². The van der Waals surface area contributed by atoms with Gasteiger partial charge in [-0.1, -0.05) is 53.5 Å². The summed E-state index contributed by atoms with van der Waals surface area (Å²) in [5.74, 6) is -1.85. The zero-order valence-electron chi connectivity index (χ0n) is 17.6. The quantitative estimate of drug-likeness (QED) is 0.368. The molecule has 0 aliphatic heterocycles. The third-order valence-electron chi connectivity index (χ3n) is 4.88. The number of nitrogen functional groups attached to an aromatic ring is 1. The zero-order chi connectivity index (χ0) is 24.1. The molecule has 0 unspecified atom stereocenters. The number of methoxy groups -OCH3 is 1. The first kappa shape index (κ1) is 24.5. The average Bonchev–Trinajstić information content (AvgIpc) is 2.78.